The van der Waals surface area contributed by atoms with Gasteiger partial charge in [0, 0.05) is 19.6 Å². The Bertz CT molecular complexity index is 767. The standard InChI is InChI=1S/C22H33N3O7/c1-22(2,3)32-21(29)25-11-10-24(18(13-25)19(27)30-4)12-17(14-26)23-20(28)31-15-16-8-6-5-7-9-16/h5-9,17-18,26H,10-15H2,1-4H3,(H,23,28). The number of carbonyl (C=O) groups excluding carboxylic acids is 3. The van der Waals surface area contributed by atoms with Gasteiger partial charge in [-0.25, -0.2) is 9.59 Å². The second-order valence-electron chi connectivity index (χ2n) is 8.55. The molecule has 2 atom stereocenters. The summed E-state index contributed by atoms with van der Waals surface area (Å²) in [4.78, 5) is 40.1. The summed E-state index contributed by atoms with van der Waals surface area (Å²) in [5, 5.41) is 12.4. The van der Waals surface area contributed by atoms with Crippen molar-refractivity contribution in [1.82, 2.24) is 15.1 Å². The van der Waals surface area contributed by atoms with Crippen LogP contribution in [0.25, 0.3) is 0 Å². The van der Waals surface area contributed by atoms with Crippen molar-refractivity contribution in [2.24, 2.45) is 0 Å². The van der Waals surface area contributed by atoms with E-state index in [9.17, 15) is 19.5 Å². The van der Waals surface area contributed by atoms with Gasteiger partial charge in [-0.15, -0.1) is 0 Å². The molecule has 1 aromatic rings. The van der Waals surface area contributed by atoms with E-state index >= 15 is 0 Å². The molecule has 1 aromatic carbocycles. The van der Waals surface area contributed by atoms with Gasteiger partial charge in [-0.3, -0.25) is 9.69 Å². The van der Waals surface area contributed by atoms with Crippen LogP contribution in [0.5, 0.6) is 0 Å². The molecule has 2 N–H and O–H groups in total. The molecule has 10 nitrogen and oxygen atoms in total. The van der Waals surface area contributed by atoms with Crippen LogP contribution >= 0.6 is 0 Å². The highest BCUT2D eigenvalue weighted by Crippen LogP contribution is 2.16. The predicted molar refractivity (Wildman–Crippen MR) is 116 cm³/mol. The van der Waals surface area contributed by atoms with Gasteiger partial charge in [0.25, 0.3) is 0 Å². The van der Waals surface area contributed by atoms with E-state index in [1.54, 1.807) is 25.7 Å². The van der Waals surface area contributed by atoms with E-state index in [1.807, 2.05) is 30.3 Å². The van der Waals surface area contributed by atoms with Crippen molar-refractivity contribution in [3.05, 3.63) is 35.9 Å². The number of rotatable bonds is 7. The molecule has 1 fully saturated rings. The Morgan fingerprint density at radius 2 is 1.88 bits per heavy atom. The molecule has 0 radical (unpaired) electrons. The fraction of sp³-hybridized carbons (Fsp3) is 0.591. The summed E-state index contributed by atoms with van der Waals surface area (Å²) in [6.45, 7) is 6.01. The molecule has 32 heavy (non-hydrogen) atoms. The highest BCUT2D eigenvalue weighted by atomic mass is 16.6. The maximum absolute atomic E-state index is 12.4. The first-order valence-corrected chi connectivity index (χ1v) is 10.5. The van der Waals surface area contributed by atoms with E-state index in [1.165, 1.54) is 12.0 Å². The molecule has 1 saturated heterocycles. The van der Waals surface area contributed by atoms with Gasteiger partial charge in [0.2, 0.25) is 0 Å². The highest BCUT2D eigenvalue weighted by molar-refractivity contribution is 5.78. The quantitative estimate of drug-likeness (QED) is 0.472. The van der Waals surface area contributed by atoms with Crippen molar-refractivity contribution in [2.75, 3.05) is 39.9 Å². The maximum atomic E-state index is 12.4. The van der Waals surface area contributed by atoms with E-state index in [-0.39, 0.29) is 26.3 Å². The lowest BCUT2D eigenvalue weighted by Gasteiger charge is -2.41. The Labute approximate surface area is 188 Å². The van der Waals surface area contributed by atoms with Crippen LogP contribution < -0.4 is 5.32 Å². The van der Waals surface area contributed by atoms with E-state index in [0.717, 1.165) is 5.56 Å². The predicted octanol–water partition coefficient (Wildman–Crippen LogP) is 1.37. The lowest BCUT2D eigenvalue weighted by atomic mass is 10.1. The Balaban J connectivity index is 1.94. The summed E-state index contributed by atoms with van der Waals surface area (Å²) < 4.78 is 15.5. The molecule has 2 amide bonds. The van der Waals surface area contributed by atoms with Crippen LogP contribution in [0.15, 0.2) is 30.3 Å². The van der Waals surface area contributed by atoms with E-state index < -0.39 is 35.8 Å². The third-order valence-electron chi connectivity index (χ3n) is 4.83. The number of aliphatic hydroxyl groups is 1. The Hall–Kier alpha value is -2.85. The number of amides is 2. The number of hydrogen-bond acceptors (Lipinski definition) is 8. The van der Waals surface area contributed by atoms with Crippen molar-refractivity contribution >= 4 is 18.2 Å². The highest BCUT2D eigenvalue weighted by Gasteiger charge is 2.37. The number of piperazine rings is 1. The summed E-state index contributed by atoms with van der Waals surface area (Å²) in [7, 11) is 1.27. The minimum absolute atomic E-state index is 0.0815. The van der Waals surface area contributed by atoms with Gasteiger partial charge in [0.15, 0.2) is 0 Å². The zero-order valence-electron chi connectivity index (χ0n) is 19.1. The van der Waals surface area contributed by atoms with Crippen LogP contribution in [0.3, 0.4) is 0 Å². The number of benzene rings is 1. The third-order valence-corrected chi connectivity index (χ3v) is 4.83. The molecule has 178 valence electrons. The Morgan fingerprint density at radius 1 is 1.19 bits per heavy atom. The van der Waals surface area contributed by atoms with Crippen molar-refractivity contribution in [1.29, 1.82) is 0 Å². The molecule has 2 rings (SSSR count). The van der Waals surface area contributed by atoms with Crippen LogP contribution in [0.2, 0.25) is 0 Å². The van der Waals surface area contributed by atoms with Crippen LogP contribution in [0.1, 0.15) is 26.3 Å². The van der Waals surface area contributed by atoms with Crippen molar-refractivity contribution < 1.29 is 33.7 Å². The lowest BCUT2D eigenvalue weighted by molar-refractivity contribution is -0.149. The number of aliphatic hydroxyl groups excluding tert-OH is 1. The molecule has 1 heterocycles. The molecule has 0 spiro atoms. The van der Waals surface area contributed by atoms with Gasteiger partial charge in [0.05, 0.1) is 26.3 Å². The molecule has 1 aliphatic heterocycles. The number of hydrogen-bond donors (Lipinski definition) is 2. The van der Waals surface area contributed by atoms with Crippen LogP contribution in [-0.2, 0) is 25.6 Å². The zero-order chi connectivity index (χ0) is 23.7. The summed E-state index contributed by atoms with van der Waals surface area (Å²) in [5.74, 6) is -0.512. The second-order valence-corrected chi connectivity index (χ2v) is 8.55. The second kappa shape index (κ2) is 11.7. The smallest absolute Gasteiger partial charge is 0.410 e. The van der Waals surface area contributed by atoms with E-state index in [0.29, 0.717) is 13.1 Å². The summed E-state index contributed by atoms with van der Waals surface area (Å²) in [6.07, 6.45) is -1.18. The minimum Gasteiger partial charge on any atom is -0.468 e. The molecule has 0 bridgehead atoms. The van der Waals surface area contributed by atoms with Gasteiger partial charge < -0.3 is 29.5 Å². The summed E-state index contributed by atoms with van der Waals surface area (Å²) in [6, 6.07) is 7.81. The summed E-state index contributed by atoms with van der Waals surface area (Å²) in [5.41, 5.74) is 0.188. The molecule has 1 aliphatic rings. The maximum Gasteiger partial charge on any atom is 0.410 e. The number of carbonyl (C=O) groups is 3. The van der Waals surface area contributed by atoms with Gasteiger partial charge >= 0.3 is 18.2 Å². The molecular formula is C22H33N3O7. The van der Waals surface area contributed by atoms with Crippen LogP contribution in [-0.4, -0.2) is 90.6 Å². The topological polar surface area (TPSA) is 118 Å². The fourth-order valence-electron chi connectivity index (χ4n) is 3.25. The molecule has 0 aliphatic carbocycles. The number of ether oxygens (including phenoxy) is 3. The van der Waals surface area contributed by atoms with Crippen molar-refractivity contribution in [3.63, 3.8) is 0 Å². The molecule has 10 heteroatoms. The number of methoxy groups -OCH3 is 1. The first-order valence-electron chi connectivity index (χ1n) is 10.5. The number of nitrogens with zero attached hydrogens (tertiary/aromatic N) is 2. The molecular weight excluding hydrogens is 418 g/mol. The van der Waals surface area contributed by atoms with E-state index in [4.69, 9.17) is 14.2 Å². The molecule has 2 unspecified atom stereocenters. The first kappa shape index (κ1) is 25.4. The number of alkyl carbamates (subject to hydrolysis) is 1. The Kier molecular flexibility index (Phi) is 9.27. The van der Waals surface area contributed by atoms with Gasteiger partial charge in [0.1, 0.15) is 18.2 Å². The number of esters is 1. The lowest BCUT2D eigenvalue weighted by Crippen LogP contribution is -2.61. The largest absolute Gasteiger partial charge is 0.468 e. The first-order chi connectivity index (χ1) is 15.1. The Morgan fingerprint density at radius 3 is 2.47 bits per heavy atom. The van der Waals surface area contributed by atoms with Crippen LogP contribution in [0.4, 0.5) is 9.59 Å². The fourth-order valence-corrected chi connectivity index (χ4v) is 3.25. The van der Waals surface area contributed by atoms with Gasteiger partial charge in [-0.2, -0.15) is 0 Å². The SMILES string of the molecule is COC(=O)C1CN(C(=O)OC(C)(C)C)CCN1CC(CO)NC(=O)OCc1ccccc1. The van der Waals surface area contributed by atoms with Crippen molar-refractivity contribution in [3.8, 4) is 0 Å². The molecule has 0 aromatic heterocycles. The van der Waals surface area contributed by atoms with Crippen LogP contribution in [0, 0.1) is 0 Å². The van der Waals surface area contributed by atoms with Crippen molar-refractivity contribution in [2.45, 2.75) is 45.1 Å². The third kappa shape index (κ3) is 8.01. The zero-order valence-corrected chi connectivity index (χ0v) is 19.1. The molecule has 0 saturated carbocycles. The summed E-state index contributed by atoms with van der Waals surface area (Å²) >= 11 is 0. The average molecular weight is 452 g/mol. The monoisotopic (exact) mass is 451 g/mol. The minimum atomic E-state index is -0.752. The van der Waals surface area contributed by atoms with E-state index in [2.05, 4.69) is 5.32 Å². The average Bonchev–Trinajstić information content (AvgIpc) is 2.76. The van der Waals surface area contributed by atoms with Gasteiger partial charge in [-0.1, -0.05) is 30.3 Å². The normalized spacial score (nSPS) is 17.9. The number of nitrogens with one attached hydrogen (secondary N) is 1. The van der Waals surface area contributed by atoms with Gasteiger partial charge in [-0.05, 0) is 26.3 Å².